The van der Waals surface area contributed by atoms with E-state index in [0.717, 1.165) is 11.4 Å². The molecule has 0 fully saturated rings. The van der Waals surface area contributed by atoms with Crippen LogP contribution in [0.3, 0.4) is 0 Å². The van der Waals surface area contributed by atoms with Crippen LogP contribution in [0.25, 0.3) is 0 Å². The fourth-order valence-electron chi connectivity index (χ4n) is 1.55. The molecule has 0 aliphatic carbocycles. The zero-order valence-corrected chi connectivity index (χ0v) is 10.7. The number of nitrogens with zero attached hydrogens (tertiary/aromatic N) is 2. The molecule has 0 atom stereocenters. The van der Waals surface area contributed by atoms with Gasteiger partial charge in [0.1, 0.15) is 5.69 Å². The Balaban J connectivity index is 2.11. The second-order valence-electron chi connectivity index (χ2n) is 4.48. The number of rotatable bonds is 3. The second kappa shape index (κ2) is 5.00. The highest BCUT2D eigenvalue weighted by Crippen LogP contribution is 2.15. The van der Waals surface area contributed by atoms with Crippen LogP contribution in [-0.2, 0) is 0 Å². The summed E-state index contributed by atoms with van der Waals surface area (Å²) >= 11 is 0. The van der Waals surface area contributed by atoms with E-state index in [1.54, 1.807) is 12.1 Å². The molecule has 0 spiro atoms. The van der Waals surface area contributed by atoms with Crippen LogP contribution in [0.2, 0.25) is 0 Å². The van der Waals surface area contributed by atoms with Crippen molar-refractivity contribution >= 4 is 11.7 Å². The van der Waals surface area contributed by atoms with Crippen LogP contribution in [0, 0.1) is 6.92 Å². The number of H-pyrrole nitrogens is 1. The van der Waals surface area contributed by atoms with E-state index in [2.05, 4.69) is 34.3 Å². The molecule has 1 amide bonds. The average Bonchev–Trinajstić information content (AvgIpc) is 2.77. The van der Waals surface area contributed by atoms with Crippen molar-refractivity contribution in [2.45, 2.75) is 26.7 Å². The fraction of sp³-hybridized carbons (Fsp3) is 0.308. The maximum atomic E-state index is 11.9. The summed E-state index contributed by atoms with van der Waals surface area (Å²) in [6, 6.07) is 7.17. The lowest BCUT2D eigenvalue weighted by molar-refractivity contribution is 0.102. The van der Waals surface area contributed by atoms with Crippen LogP contribution < -0.4 is 5.32 Å². The number of carbonyl (C=O) groups excluding carboxylic acids is 1. The maximum absolute atomic E-state index is 11.9. The van der Waals surface area contributed by atoms with Gasteiger partial charge in [-0.05, 0) is 25.0 Å². The highest BCUT2D eigenvalue weighted by atomic mass is 16.1. The summed E-state index contributed by atoms with van der Waals surface area (Å²) in [6.45, 7) is 5.96. The maximum Gasteiger partial charge on any atom is 0.275 e. The summed E-state index contributed by atoms with van der Waals surface area (Å²) in [5.74, 6) is 0.618. The van der Waals surface area contributed by atoms with E-state index in [1.165, 1.54) is 0 Å². The minimum atomic E-state index is -0.250. The molecule has 0 radical (unpaired) electrons. The predicted octanol–water partition coefficient (Wildman–Crippen LogP) is 2.49. The van der Waals surface area contributed by atoms with Crippen LogP contribution in [0.15, 0.2) is 24.3 Å². The van der Waals surface area contributed by atoms with E-state index in [0.29, 0.717) is 17.4 Å². The van der Waals surface area contributed by atoms with E-state index >= 15 is 0 Å². The normalized spacial score (nSPS) is 10.7. The van der Waals surface area contributed by atoms with Crippen LogP contribution in [0.4, 0.5) is 5.82 Å². The van der Waals surface area contributed by atoms with Crippen molar-refractivity contribution in [1.82, 2.24) is 15.2 Å². The van der Waals surface area contributed by atoms with Crippen LogP contribution in [0.1, 0.15) is 41.6 Å². The van der Waals surface area contributed by atoms with Gasteiger partial charge in [-0.3, -0.25) is 9.89 Å². The highest BCUT2D eigenvalue weighted by molar-refractivity contribution is 6.02. The Bertz CT molecular complexity index is 560. The lowest BCUT2D eigenvalue weighted by atomic mass is 10.1. The molecular formula is C13H16N4O. The summed E-state index contributed by atoms with van der Waals surface area (Å²) in [6.07, 6.45) is 0. The number of amides is 1. The van der Waals surface area contributed by atoms with Crippen molar-refractivity contribution in [2.75, 3.05) is 5.32 Å². The van der Waals surface area contributed by atoms with Crippen molar-refractivity contribution < 1.29 is 4.79 Å². The van der Waals surface area contributed by atoms with Crippen molar-refractivity contribution in [3.05, 3.63) is 41.3 Å². The SMILES string of the molecule is Cc1cccc(C(=O)Nc2cc(C(C)C)[nH]n2)n1. The quantitative estimate of drug-likeness (QED) is 0.871. The molecular weight excluding hydrogens is 228 g/mol. The molecule has 2 aromatic heterocycles. The van der Waals surface area contributed by atoms with Crippen molar-refractivity contribution in [3.63, 3.8) is 0 Å². The predicted molar refractivity (Wildman–Crippen MR) is 69.6 cm³/mol. The Labute approximate surface area is 106 Å². The Kier molecular flexibility index (Phi) is 3.41. The third kappa shape index (κ3) is 2.74. The van der Waals surface area contributed by atoms with Gasteiger partial charge in [0.15, 0.2) is 5.82 Å². The minimum absolute atomic E-state index is 0.250. The van der Waals surface area contributed by atoms with Crippen molar-refractivity contribution in [1.29, 1.82) is 0 Å². The summed E-state index contributed by atoms with van der Waals surface area (Å²) in [5.41, 5.74) is 2.19. The molecule has 2 N–H and O–H groups in total. The zero-order valence-electron chi connectivity index (χ0n) is 10.7. The summed E-state index contributed by atoms with van der Waals surface area (Å²) < 4.78 is 0. The van der Waals surface area contributed by atoms with Gasteiger partial charge >= 0.3 is 0 Å². The number of aromatic amines is 1. The van der Waals surface area contributed by atoms with Gasteiger partial charge in [-0.1, -0.05) is 19.9 Å². The second-order valence-corrected chi connectivity index (χ2v) is 4.48. The van der Waals surface area contributed by atoms with Gasteiger partial charge in [0.25, 0.3) is 5.91 Å². The van der Waals surface area contributed by atoms with Crippen molar-refractivity contribution in [2.24, 2.45) is 0 Å². The first-order valence-electron chi connectivity index (χ1n) is 5.86. The highest BCUT2D eigenvalue weighted by Gasteiger charge is 2.10. The summed E-state index contributed by atoms with van der Waals surface area (Å²) in [7, 11) is 0. The number of nitrogens with one attached hydrogen (secondary N) is 2. The molecule has 0 unspecified atom stereocenters. The molecule has 5 heteroatoms. The third-order valence-corrected chi connectivity index (χ3v) is 2.58. The first kappa shape index (κ1) is 12.3. The number of hydrogen-bond acceptors (Lipinski definition) is 3. The Morgan fingerprint density at radius 3 is 2.78 bits per heavy atom. The molecule has 0 saturated heterocycles. The third-order valence-electron chi connectivity index (χ3n) is 2.58. The van der Waals surface area contributed by atoms with Crippen molar-refractivity contribution in [3.8, 4) is 0 Å². The monoisotopic (exact) mass is 244 g/mol. The topological polar surface area (TPSA) is 70.7 Å². The van der Waals surface area contributed by atoms with E-state index < -0.39 is 0 Å². The van der Waals surface area contributed by atoms with Crippen LogP contribution in [-0.4, -0.2) is 21.1 Å². The first-order valence-corrected chi connectivity index (χ1v) is 5.86. The number of hydrogen-bond donors (Lipinski definition) is 2. The molecule has 2 rings (SSSR count). The molecule has 0 aromatic carbocycles. The largest absolute Gasteiger partial charge is 0.304 e. The standard InChI is InChI=1S/C13H16N4O/c1-8(2)11-7-12(17-16-11)15-13(18)10-6-4-5-9(3)14-10/h4-8H,1-3H3,(H2,15,16,17,18). The molecule has 0 bridgehead atoms. The number of pyridine rings is 1. The lowest BCUT2D eigenvalue weighted by Gasteiger charge is -2.01. The van der Waals surface area contributed by atoms with Gasteiger partial charge in [0.2, 0.25) is 0 Å². The first-order chi connectivity index (χ1) is 8.56. The molecule has 5 nitrogen and oxygen atoms in total. The summed E-state index contributed by atoms with van der Waals surface area (Å²) in [5, 5.41) is 9.65. The Morgan fingerprint density at radius 2 is 2.17 bits per heavy atom. The van der Waals surface area contributed by atoms with E-state index in [-0.39, 0.29) is 5.91 Å². The molecule has 2 heterocycles. The smallest absolute Gasteiger partial charge is 0.275 e. The van der Waals surface area contributed by atoms with E-state index in [1.807, 2.05) is 19.1 Å². The van der Waals surface area contributed by atoms with E-state index in [4.69, 9.17) is 0 Å². The lowest BCUT2D eigenvalue weighted by Crippen LogP contribution is -2.14. The minimum Gasteiger partial charge on any atom is -0.304 e. The van der Waals surface area contributed by atoms with Gasteiger partial charge in [-0.2, -0.15) is 5.10 Å². The van der Waals surface area contributed by atoms with Crippen LogP contribution in [0.5, 0.6) is 0 Å². The number of anilines is 1. The molecule has 18 heavy (non-hydrogen) atoms. The Hall–Kier alpha value is -2.17. The van der Waals surface area contributed by atoms with E-state index in [9.17, 15) is 4.79 Å². The Morgan fingerprint density at radius 1 is 1.39 bits per heavy atom. The number of aromatic nitrogens is 3. The summed E-state index contributed by atoms with van der Waals surface area (Å²) in [4.78, 5) is 16.1. The molecule has 0 aliphatic rings. The molecule has 94 valence electrons. The van der Waals surface area contributed by atoms with Gasteiger partial charge in [-0.15, -0.1) is 0 Å². The van der Waals surface area contributed by atoms with Gasteiger partial charge < -0.3 is 5.32 Å². The number of carbonyl (C=O) groups is 1. The molecule has 0 aliphatic heterocycles. The molecule has 0 saturated carbocycles. The van der Waals surface area contributed by atoms with Crippen LogP contribution >= 0.6 is 0 Å². The average molecular weight is 244 g/mol. The van der Waals surface area contributed by atoms with Gasteiger partial charge in [0.05, 0.1) is 0 Å². The fourth-order valence-corrected chi connectivity index (χ4v) is 1.55. The van der Waals surface area contributed by atoms with Gasteiger partial charge in [-0.25, -0.2) is 4.98 Å². The number of aryl methyl sites for hydroxylation is 1. The zero-order chi connectivity index (χ0) is 13.1. The molecule has 2 aromatic rings. The van der Waals surface area contributed by atoms with Gasteiger partial charge in [0, 0.05) is 17.5 Å².